The predicted octanol–water partition coefficient (Wildman–Crippen LogP) is 0.0908. The van der Waals surface area contributed by atoms with Crippen molar-refractivity contribution < 1.29 is 9.53 Å². The Morgan fingerprint density at radius 3 is 2.93 bits per heavy atom. The third-order valence-corrected chi connectivity index (χ3v) is 3.36. The summed E-state index contributed by atoms with van der Waals surface area (Å²) in [6.45, 7) is 4.35. The lowest BCUT2D eigenvalue weighted by molar-refractivity contribution is -0.139. The van der Waals surface area contributed by atoms with Crippen LogP contribution in [-0.4, -0.2) is 50.7 Å². The van der Waals surface area contributed by atoms with Crippen LogP contribution >= 0.6 is 0 Å². The van der Waals surface area contributed by atoms with Crippen molar-refractivity contribution in [3.8, 4) is 0 Å². The number of ether oxygens (including phenoxy) is 1. The molecule has 0 saturated carbocycles. The SMILES string of the molecule is COCC1CCCN(C(=O)C2CNC2)C1. The summed E-state index contributed by atoms with van der Waals surface area (Å²) in [4.78, 5) is 14.0. The lowest BCUT2D eigenvalue weighted by Gasteiger charge is -2.37. The lowest BCUT2D eigenvalue weighted by atomic mass is 9.95. The molecule has 2 rings (SSSR count). The molecule has 0 aliphatic carbocycles. The van der Waals surface area contributed by atoms with Crippen LogP contribution in [0.15, 0.2) is 0 Å². The normalized spacial score (nSPS) is 27.5. The zero-order valence-electron chi connectivity index (χ0n) is 9.37. The first-order chi connectivity index (χ1) is 7.31. The average molecular weight is 212 g/mol. The molecule has 0 bridgehead atoms. The highest BCUT2D eigenvalue weighted by atomic mass is 16.5. The molecule has 2 aliphatic rings. The molecule has 15 heavy (non-hydrogen) atoms. The first-order valence-corrected chi connectivity index (χ1v) is 5.79. The van der Waals surface area contributed by atoms with Crippen LogP contribution in [0.5, 0.6) is 0 Å². The van der Waals surface area contributed by atoms with Gasteiger partial charge in [0.25, 0.3) is 0 Å². The molecule has 0 radical (unpaired) electrons. The largest absolute Gasteiger partial charge is 0.384 e. The quantitative estimate of drug-likeness (QED) is 0.721. The van der Waals surface area contributed by atoms with E-state index in [0.29, 0.717) is 11.8 Å². The van der Waals surface area contributed by atoms with Gasteiger partial charge in [-0.1, -0.05) is 0 Å². The first kappa shape index (κ1) is 10.9. The number of hydrogen-bond donors (Lipinski definition) is 1. The van der Waals surface area contributed by atoms with Crippen molar-refractivity contribution in [1.29, 1.82) is 0 Å². The summed E-state index contributed by atoms with van der Waals surface area (Å²) in [5.74, 6) is 1.13. The van der Waals surface area contributed by atoms with Crippen molar-refractivity contribution in [2.75, 3.05) is 39.9 Å². The van der Waals surface area contributed by atoms with Crippen LogP contribution in [-0.2, 0) is 9.53 Å². The minimum Gasteiger partial charge on any atom is -0.384 e. The van der Waals surface area contributed by atoms with E-state index in [4.69, 9.17) is 4.74 Å². The van der Waals surface area contributed by atoms with Gasteiger partial charge in [0.15, 0.2) is 0 Å². The molecule has 0 aromatic heterocycles. The van der Waals surface area contributed by atoms with Crippen LogP contribution in [0.25, 0.3) is 0 Å². The van der Waals surface area contributed by atoms with E-state index in [2.05, 4.69) is 5.32 Å². The summed E-state index contributed by atoms with van der Waals surface area (Å²) in [5.41, 5.74) is 0. The number of amides is 1. The standard InChI is InChI=1S/C11H20N2O2/c1-15-8-9-3-2-4-13(7-9)11(14)10-5-12-6-10/h9-10,12H,2-8H2,1H3. The molecular formula is C11H20N2O2. The van der Waals surface area contributed by atoms with E-state index in [1.807, 2.05) is 4.90 Å². The Hall–Kier alpha value is -0.610. The minimum atomic E-state index is 0.242. The number of piperidine rings is 1. The molecule has 86 valence electrons. The number of hydrogen-bond acceptors (Lipinski definition) is 3. The highest BCUT2D eigenvalue weighted by Crippen LogP contribution is 2.19. The van der Waals surface area contributed by atoms with Gasteiger partial charge in [0.2, 0.25) is 5.91 Å². The summed E-state index contributed by atoms with van der Waals surface area (Å²) in [5, 5.41) is 3.15. The molecule has 2 saturated heterocycles. The van der Waals surface area contributed by atoms with Crippen molar-refractivity contribution >= 4 is 5.91 Å². The molecule has 2 aliphatic heterocycles. The van der Waals surface area contributed by atoms with E-state index >= 15 is 0 Å². The van der Waals surface area contributed by atoms with E-state index in [9.17, 15) is 4.79 Å². The third-order valence-electron chi connectivity index (χ3n) is 3.36. The molecule has 1 unspecified atom stereocenters. The zero-order chi connectivity index (χ0) is 10.7. The molecule has 1 N–H and O–H groups in total. The van der Waals surface area contributed by atoms with Gasteiger partial charge in [-0.25, -0.2) is 0 Å². The molecule has 1 atom stereocenters. The maximum absolute atomic E-state index is 12.0. The summed E-state index contributed by atoms with van der Waals surface area (Å²) < 4.78 is 5.16. The highest BCUT2D eigenvalue weighted by Gasteiger charge is 2.31. The Bertz CT molecular complexity index is 227. The van der Waals surface area contributed by atoms with Crippen molar-refractivity contribution in [1.82, 2.24) is 10.2 Å². The second kappa shape index (κ2) is 4.94. The van der Waals surface area contributed by atoms with Crippen molar-refractivity contribution in [2.24, 2.45) is 11.8 Å². The molecule has 4 heteroatoms. The Morgan fingerprint density at radius 1 is 1.53 bits per heavy atom. The predicted molar refractivity (Wildman–Crippen MR) is 57.5 cm³/mol. The maximum Gasteiger partial charge on any atom is 0.228 e. The van der Waals surface area contributed by atoms with Gasteiger partial charge in [-0.05, 0) is 18.8 Å². The zero-order valence-corrected chi connectivity index (χ0v) is 9.37. The monoisotopic (exact) mass is 212 g/mol. The van der Waals surface area contributed by atoms with Crippen LogP contribution < -0.4 is 5.32 Å². The fraction of sp³-hybridized carbons (Fsp3) is 0.909. The Labute approximate surface area is 91.0 Å². The fourth-order valence-corrected chi connectivity index (χ4v) is 2.36. The number of likely N-dealkylation sites (tertiary alicyclic amines) is 1. The van der Waals surface area contributed by atoms with E-state index in [1.165, 1.54) is 6.42 Å². The molecule has 0 aromatic carbocycles. The van der Waals surface area contributed by atoms with Gasteiger partial charge >= 0.3 is 0 Å². The first-order valence-electron chi connectivity index (χ1n) is 5.79. The smallest absolute Gasteiger partial charge is 0.228 e. The Morgan fingerprint density at radius 2 is 2.33 bits per heavy atom. The van der Waals surface area contributed by atoms with Gasteiger partial charge in [0.1, 0.15) is 0 Å². The molecule has 1 amide bonds. The Kier molecular flexibility index (Phi) is 3.59. The number of methoxy groups -OCH3 is 1. The molecule has 4 nitrogen and oxygen atoms in total. The van der Waals surface area contributed by atoms with Crippen molar-refractivity contribution in [3.05, 3.63) is 0 Å². The minimum absolute atomic E-state index is 0.242. The van der Waals surface area contributed by atoms with Gasteiger partial charge in [-0.15, -0.1) is 0 Å². The van der Waals surface area contributed by atoms with Crippen molar-refractivity contribution in [2.45, 2.75) is 12.8 Å². The number of nitrogens with zero attached hydrogens (tertiary/aromatic N) is 1. The van der Waals surface area contributed by atoms with Gasteiger partial charge < -0.3 is 15.0 Å². The molecular weight excluding hydrogens is 192 g/mol. The molecule has 2 heterocycles. The molecule has 0 spiro atoms. The topological polar surface area (TPSA) is 41.6 Å². The van der Waals surface area contributed by atoms with Crippen LogP contribution in [0.2, 0.25) is 0 Å². The maximum atomic E-state index is 12.0. The van der Waals surface area contributed by atoms with E-state index in [1.54, 1.807) is 7.11 Å². The number of carbonyl (C=O) groups is 1. The lowest BCUT2D eigenvalue weighted by Crippen LogP contribution is -2.54. The summed E-state index contributed by atoms with van der Waals surface area (Å²) in [6, 6.07) is 0. The van der Waals surface area contributed by atoms with E-state index in [0.717, 1.165) is 39.2 Å². The van der Waals surface area contributed by atoms with Gasteiger partial charge in [0, 0.05) is 33.3 Å². The van der Waals surface area contributed by atoms with Crippen LogP contribution in [0, 0.1) is 11.8 Å². The van der Waals surface area contributed by atoms with E-state index < -0.39 is 0 Å². The van der Waals surface area contributed by atoms with Gasteiger partial charge in [0.05, 0.1) is 12.5 Å². The van der Waals surface area contributed by atoms with E-state index in [-0.39, 0.29) is 5.92 Å². The second-order valence-electron chi connectivity index (χ2n) is 4.60. The Balaban J connectivity index is 1.83. The third kappa shape index (κ3) is 2.49. The summed E-state index contributed by atoms with van der Waals surface area (Å²) in [7, 11) is 1.73. The second-order valence-corrected chi connectivity index (χ2v) is 4.60. The van der Waals surface area contributed by atoms with Gasteiger partial charge in [-0.3, -0.25) is 4.79 Å². The average Bonchev–Trinajstić information content (AvgIpc) is 2.16. The molecule has 0 aromatic rings. The number of rotatable bonds is 3. The van der Waals surface area contributed by atoms with Crippen molar-refractivity contribution in [3.63, 3.8) is 0 Å². The fourth-order valence-electron chi connectivity index (χ4n) is 2.36. The highest BCUT2D eigenvalue weighted by molar-refractivity contribution is 5.80. The number of carbonyl (C=O) groups excluding carboxylic acids is 1. The van der Waals surface area contributed by atoms with Crippen LogP contribution in [0.4, 0.5) is 0 Å². The van der Waals surface area contributed by atoms with Crippen LogP contribution in [0.3, 0.4) is 0 Å². The van der Waals surface area contributed by atoms with Crippen LogP contribution in [0.1, 0.15) is 12.8 Å². The summed E-state index contributed by atoms with van der Waals surface area (Å²) >= 11 is 0. The summed E-state index contributed by atoms with van der Waals surface area (Å²) in [6.07, 6.45) is 2.32. The number of nitrogens with one attached hydrogen (secondary N) is 1. The van der Waals surface area contributed by atoms with Gasteiger partial charge in [-0.2, -0.15) is 0 Å². The molecule has 2 fully saturated rings.